The molecule has 0 saturated carbocycles. The molecule has 0 aliphatic carbocycles. The maximum absolute atomic E-state index is 13.0. The van der Waals surface area contributed by atoms with E-state index < -0.39 is 5.91 Å². The molecule has 1 aliphatic heterocycles. The normalized spacial score (nSPS) is 13.0. The van der Waals surface area contributed by atoms with Crippen LogP contribution in [0.5, 0.6) is 0 Å². The van der Waals surface area contributed by atoms with Gasteiger partial charge in [0, 0.05) is 19.2 Å². The van der Waals surface area contributed by atoms with Gasteiger partial charge in [0.1, 0.15) is 11.6 Å². The molecule has 1 aliphatic rings. The Balaban J connectivity index is 1.54. The predicted molar refractivity (Wildman–Crippen MR) is 102 cm³/mol. The van der Waals surface area contributed by atoms with Crippen LogP contribution >= 0.6 is 0 Å². The molecule has 0 radical (unpaired) electrons. The first-order valence-corrected chi connectivity index (χ1v) is 9.38. The molecule has 3 aromatic rings. The van der Waals surface area contributed by atoms with Crippen LogP contribution in [-0.2, 0) is 19.5 Å². The van der Waals surface area contributed by atoms with E-state index in [4.69, 9.17) is 4.52 Å². The number of carbonyl (C=O) groups is 2. The highest BCUT2D eigenvalue weighted by molar-refractivity contribution is 6.04. The minimum Gasteiger partial charge on any atom is -0.360 e. The zero-order chi connectivity index (χ0) is 20.4. The van der Waals surface area contributed by atoms with Gasteiger partial charge in [0.25, 0.3) is 11.8 Å². The Morgan fingerprint density at radius 1 is 1.21 bits per heavy atom. The quantitative estimate of drug-likeness (QED) is 0.689. The van der Waals surface area contributed by atoms with Gasteiger partial charge >= 0.3 is 0 Å². The molecule has 4 rings (SSSR count). The number of imidazole rings is 1. The smallest absolute Gasteiger partial charge is 0.287 e. The second-order valence-electron chi connectivity index (χ2n) is 6.93. The van der Waals surface area contributed by atoms with Crippen LogP contribution in [0.1, 0.15) is 51.0 Å². The summed E-state index contributed by atoms with van der Waals surface area (Å²) in [5.41, 5.74) is 1.72. The summed E-state index contributed by atoms with van der Waals surface area (Å²) in [6.45, 7) is 2.59. The Morgan fingerprint density at radius 3 is 2.72 bits per heavy atom. The Labute approximate surface area is 166 Å². The van der Waals surface area contributed by atoms with Crippen molar-refractivity contribution in [3.05, 3.63) is 64.7 Å². The van der Waals surface area contributed by atoms with Crippen LogP contribution in [0.3, 0.4) is 0 Å². The Hall–Kier alpha value is -3.49. The predicted octanol–water partition coefficient (Wildman–Crippen LogP) is 2.84. The first kappa shape index (κ1) is 18.9. The molecule has 0 saturated heterocycles. The van der Waals surface area contributed by atoms with Gasteiger partial charge in [-0.1, -0.05) is 17.3 Å². The fourth-order valence-electron chi connectivity index (χ4n) is 3.36. The maximum atomic E-state index is 13.0. The van der Waals surface area contributed by atoms with Crippen molar-refractivity contribution in [1.82, 2.24) is 20.0 Å². The van der Waals surface area contributed by atoms with E-state index in [-0.39, 0.29) is 29.8 Å². The number of fused-ring (bicyclic) bond motifs is 1. The van der Waals surface area contributed by atoms with Crippen LogP contribution < -0.4 is 10.6 Å². The number of anilines is 1. The van der Waals surface area contributed by atoms with Gasteiger partial charge in [0.15, 0.2) is 17.3 Å². The third-order valence-electron chi connectivity index (χ3n) is 4.77. The van der Waals surface area contributed by atoms with E-state index >= 15 is 0 Å². The van der Waals surface area contributed by atoms with Crippen molar-refractivity contribution < 1.29 is 18.5 Å². The van der Waals surface area contributed by atoms with Crippen molar-refractivity contribution in [2.24, 2.45) is 0 Å². The monoisotopic (exact) mass is 397 g/mol. The molecule has 9 heteroatoms. The lowest BCUT2D eigenvalue weighted by Crippen LogP contribution is -2.27. The van der Waals surface area contributed by atoms with Gasteiger partial charge in [-0.05, 0) is 43.9 Å². The number of hydrogen-bond donors (Lipinski definition) is 2. The Morgan fingerprint density at radius 2 is 2.00 bits per heavy atom. The van der Waals surface area contributed by atoms with E-state index in [2.05, 4.69) is 20.8 Å². The van der Waals surface area contributed by atoms with Crippen molar-refractivity contribution >= 4 is 17.6 Å². The highest BCUT2D eigenvalue weighted by atomic mass is 19.1. The summed E-state index contributed by atoms with van der Waals surface area (Å²) < 4.78 is 19.8. The molecule has 0 spiro atoms. The number of aryl methyl sites for hydroxylation is 1. The van der Waals surface area contributed by atoms with Crippen molar-refractivity contribution in [2.75, 3.05) is 5.32 Å². The third kappa shape index (κ3) is 4.03. The molecule has 150 valence electrons. The lowest BCUT2D eigenvalue weighted by atomic mass is 10.1. The molecule has 0 atom stereocenters. The lowest BCUT2D eigenvalue weighted by Gasteiger charge is -2.17. The number of carbonyl (C=O) groups excluding carboxylic acids is 2. The molecule has 1 aromatic carbocycles. The number of aromatic nitrogens is 3. The largest absolute Gasteiger partial charge is 0.360 e. The molecule has 0 fully saturated rings. The van der Waals surface area contributed by atoms with Crippen LogP contribution in [0.15, 0.2) is 34.9 Å². The molecule has 3 heterocycles. The Bertz CT molecular complexity index is 1050. The van der Waals surface area contributed by atoms with Crippen LogP contribution in [0.25, 0.3) is 0 Å². The molecule has 29 heavy (non-hydrogen) atoms. The topological polar surface area (TPSA) is 102 Å². The number of amides is 2. The highest BCUT2D eigenvalue weighted by Gasteiger charge is 2.27. The fourth-order valence-corrected chi connectivity index (χ4v) is 3.36. The number of benzene rings is 1. The summed E-state index contributed by atoms with van der Waals surface area (Å²) in [4.78, 5) is 29.8. The minimum absolute atomic E-state index is 0.197. The number of halogens is 1. The van der Waals surface area contributed by atoms with Gasteiger partial charge in [-0.25, -0.2) is 9.37 Å². The SMILES string of the molecule is Cc1cc(NC(=O)c2nc(C(=O)NCc3ccc(F)cc3)n3c2CCCC3)no1. The van der Waals surface area contributed by atoms with E-state index in [1.807, 2.05) is 0 Å². The summed E-state index contributed by atoms with van der Waals surface area (Å²) in [5, 5.41) is 9.20. The van der Waals surface area contributed by atoms with E-state index in [9.17, 15) is 14.0 Å². The standard InChI is InChI=1S/C20H20FN5O3/c1-12-10-16(25-29-12)23-19(27)17-15-4-2-3-9-26(15)18(24-17)20(28)22-11-13-5-7-14(21)8-6-13/h5-8,10H,2-4,9,11H2,1H3,(H,22,28)(H,23,25,27). The van der Waals surface area contributed by atoms with Crippen molar-refractivity contribution in [3.63, 3.8) is 0 Å². The Kier molecular flexibility index (Phi) is 5.11. The number of hydrogen-bond acceptors (Lipinski definition) is 5. The first-order chi connectivity index (χ1) is 14.0. The van der Waals surface area contributed by atoms with Gasteiger partial charge in [-0.15, -0.1) is 0 Å². The molecule has 8 nitrogen and oxygen atoms in total. The molecule has 0 unspecified atom stereocenters. The number of nitrogens with zero attached hydrogens (tertiary/aromatic N) is 3. The van der Waals surface area contributed by atoms with Crippen molar-refractivity contribution in [1.29, 1.82) is 0 Å². The molecule has 2 aromatic heterocycles. The summed E-state index contributed by atoms with van der Waals surface area (Å²) in [7, 11) is 0. The second-order valence-corrected chi connectivity index (χ2v) is 6.93. The summed E-state index contributed by atoms with van der Waals surface area (Å²) in [5.74, 6) is -0.0700. The zero-order valence-electron chi connectivity index (χ0n) is 15.9. The van der Waals surface area contributed by atoms with Gasteiger partial charge in [-0.3, -0.25) is 9.59 Å². The average molecular weight is 397 g/mol. The molecule has 2 amide bonds. The van der Waals surface area contributed by atoms with E-state index in [1.165, 1.54) is 12.1 Å². The fraction of sp³-hybridized carbons (Fsp3) is 0.300. The van der Waals surface area contributed by atoms with Crippen LogP contribution in [0, 0.1) is 12.7 Å². The average Bonchev–Trinajstić information content (AvgIpc) is 3.31. The molecular weight excluding hydrogens is 377 g/mol. The third-order valence-corrected chi connectivity index (χ3v) is 4.77. The highest BCUT2D eigenvalue weighted by Crippen LogP contribution is 2.22. The number of rotatable bonds is 5. The van der Waals surface area contributed by atoms with Gasteiger partial charge in [0.2, 0.25) is 0 Å². The molecule has 0 bridgehead atoms. The molecule has 2 N–H and O–H groups in total. The lowest BCUT2D eigenvalue weighted by molar-refractivity contribution is 0.0935. The summed E-state index contributed by atoms with van der Waals surface area (Å²) >= 11 is 0. The van der Waals surface area contributed by atoms with Crippen LogP contribution in [0.2, 0.25) is 0 Å². The molecular formula is C20H20FN5O3. The maximum Gasteiger partial charge on any atom is 0.287 e. The summed E-state index contributed by atoms with van der Waals surface area (Å²) in [6, 6.07) is 7.50. The van der Waals surface area contributed by atoms with E-state index in [0.29, 0.717) is 24.5 Å². The first-order valence-electron chi connectivity index (χ1n) is 9.38. The van der Waals surface area contributed by atoms with Gasteiger partial charge < -0.3 is 19.7 Å². The summed E-state index contributed by atoms with van der Waals surface area (Å²) in [6.07, 6.45) is 2.50. The van der Waals surface area contributed by atoms with E-state index in [1.54, 1.807) is 29.7 Å². The minimum atomic E-state index is -0.429. The van der Waals surface area contributed by atoms with Crippen LogP contribution in [-0.4, -0.2) is 26.5 Å². The van der Waals surface area contributed by atoms with Crippen molar-refractivity contribution in [3.8, 4) is 0 Å². The zero-order valence-corrected chi connectivity index (χ0v) is 15.9. The second kappa shape index (κ2) is 7.86. The van der Waals surface area contributed by atoms with Crippen molar-refractivity contribution in [2.45, 2.75) is 39.3 Å². The number of nitrogens with one attached hydrogen (secondary N) is 2. The van der Waals surface area contributed by atoms with E-state index in [0.717, 1.165) is 24.1 Å². The van der Waals surface area contributed by atoms with Crippen LogP contribution in [0.4, 0.5) is 10.2 Å². The van der Waals surface area contributed by atoms with Gasteiger partial charge in [0.05, 0.1) is 5.69 Å². The van der Waals surface area contributed by atoms with Gasteiger partial charge in [-0.2, -0.15) is 0 Å².